The van der Waals surface area contributed by atoms with Crippen LogP contribution in [-0.4, -0.2) is 45.7 Å². The number of aromatic amines is 1. The number of nitrogens with zero attached hydrogens (tertiary/aromatic N) is 2. The number of thiocarbonyl (C=S) groups is 1. The Labute approximate surface area is 265 Å². The maximum atomic E-state index is 10.1. The molecule has 7 heteroatoms. The molecule has 0 unspecified atom stereocenters. The first-order valence-corrected chi connectivity index (χ1v) is 17.1. The van der Waals surface area contributed by atoms with Crippen LogP contribution < -0.4 is 10.7 Å². The van der Waals surface area contributed by atoms with Gasteiger partial charge in [-0.05, 0) is 68.7 Å². The Kier molecular flexibility index (Phi) is 18.5. The summed E-state index contributed by atoms with van der Waals surface area (Å²) in [5.74, 6) is -0.663. The van der Waals surface area contributed by atoms with E-state index in [2.05, 4.69) is 84.3 Å². The number of H-pyrrole nitrogens is 1. The van der Waals surface area contributed by atoms with Crippen LogP contribution in [0.3, 0.4) is 0 Å². The molecule has 0 aliphatic carbocycles. The van der Waals surface area contributed by atoms with E-state index in [9.17, 15) is 4.79 Å². The Morgan fingerprint density at radius 1 is 0.837 bits per heavy atom. The standard InChI is InChI=1S/C26H36N4S.C10H20O2/c1-4-7-16-30(17-8-5-2)19-20-11-9-14-23-22-13-10-12-21(18-24(22)29-25(20)23)28-26(31)27-15-6-3;1-2-3-4-5-6-7-8-9-10(11)12/h9-14,18,29H,4-8,15-17,19H2,1-3H3,(H,27,31);2-9H2,1H3,(H,11,12). The fourth-order valence-corrected chi connectivity index (χ4v) is 5.36. The Balaban J connectivity index is 0.000000455. The fourth-order valence-electron chi connectivity index (χ4n) is 5.15. The number of hydrogen-bond donors (Lipinski definition) is 3. The molecule has 0 aliphatic heterocycles. The average Bonchev–Trinajstić information content (AvgIpc) is 3.22. The van der Waals surface area contributed by atoms with E-state index < -0.39 is 5.97 Å². The van der Waals surface area contributed by atoms with Gasteiger partial charge in [0, 0.05) is 35.8 Å². The summed E-state index contributed by atoms with van der Waals surface area (Å²) in [6.45, 7) is 13.0. The lowest BCUT2D eigenvalue weighted by Gasteiger charge is -2.22. The van der Waals surface area contributed by atoms with Crippen LogP contribution in [-0.2, 0) is 11.3 Å². The van der Waals surface area contributed by atoms with Crippen molar-refractivity contribution in [2.24, 2.45) is 4.99 Å². The molecule has 0 spiro atoms. The summed E-state index contributed by atoms with van der Waals surface area (Å²) < 4.78 is 0. The molecule has 0 atom stereocenters. The van der Waals surface area contributed by atoms with Crippen molar-refractivity contribution in [2.45, 2.75) is 118 Å². The smallest absolute Gasteiger partial charge is 0.303 e. The third-order valence-corrected chi connectivity index (χ3v) is 7.85. The highest BCUT2D eigenvalue weighted by atomic mass is 32.1. The van der Waals surface area contributed by atoms with Gasteiger partial charge in [0.2, 0.25) is 0 Å². The molecule has 0 amide bonds. The topological polar surface area (TPSA) is 80.7 Å². The van der Waals surface area contributed by atoms with Gasteiger partial charge >= 0.3 is 5.97 Å². The fraction of sp³-hybridized carbons (Fsp3) is 0.583. The molecule has 3 N–H and O–H groups in total. The van der Waals surface area contributed by atoms with Gasteiger partial charge in [-0.15, -0.1) is 0 Å². The van der Waals surface area contributed by atoms with Crippen molar-refractivity contribution < 1.29 is 9.90 Å². The molecule has 3 rings (SSSR count). The molecule has 0 saturated carbocycles. The highest BCUT2D eigenvalue weighted by Gasteiger charge is 2.11. The average molecular weight is 609 g/mol. The maximum absolute atomic E-state index is 10.1. The summed E-state index contributed by atoms with van der Waals surface area (Å²) in [5.41, 5.74) is 3.69. The second kappa shape index (κ2) is 21.8. The number of fused-ring (bicyclic) bond motifs is 3. The molecule has 0 fully saturated rings. The highest BCUT2D eigenvalue weighted by molar-refractivity contribution is 7.80. The van der Waals surface area contributed by atoms with E-state index in [1.54, 1.807) is 0 Å². The Hall–Kier alpha value is -2.77. The van der Waals surface area contributed by atoms with Crippen molar-refractivity contribution in [3.63, 3.8) is 0 Å². The number of aromatic nitrogens is 1. The van der Waals surface area contributed by atoms with Crippen LogP contribution in [0.15, 0.2) is 47.5 Å². The number of carboxylic acid groups (broad SMARTS) is 1. The molecule has 1 aromatic heterocycles. The summed E-state index contributed by atoms with van der Waals surface area (Å²) in [4.78, 5) is 21.0. The number of nitrogens with one attached hydrogen (secondary N) is 2. The van der Waals surface area contributed by atoms with Gasteiger partial charge in [0.25, 0.3) is 0 Å². The molecule has 3 aromatic rings. The first-order valence-electron chi connectivity index (χ1n) is 16.7. The zero-order valence-electron chi connectivity index (χ0n) is 27.2. The number of hydrogen-bond acceptors (Lipinski definition) is 3. The van der Waals surface area contributed by atoms with Crippen LogP contribution in [0, 0.1) is 0 Å². The van der Waals surface area contributed by atoms with Crippen molar-refractivity contribution in [3.05, 3.63) is 53.4 Å². The number of carboxylic acids is 1. The molecule has 0 bridgehead atoms. The Morgan fingerprint density at radius 3 is 2.12 bits per heavy atom. The number of benzene rings is 1. The second-order valence-corrected chi connectivity index (χ2v) is 11.9. The van der Waals surface area contributed by atoms with E-state index in [-0.39, 0.29) is 0 Å². The van der Waals surface area contributed by atoms with Crippen LogP contribution >= 0.6 is 12.2 Å². The minimum Gasteiger partial charge on any atom is -0.481 e. The molecule has 43 heavy (non-hydrogen) atoms. The molecule has 238 valence electrons. The van der Waals surface area contributed by atoms with Gasteiger partial charge in [-0.3, -0.25) is 9.69 Å². The van der Waals surface area contributed by atoms with Crippen molar-refractivity contribution in [3.8, 4) is 0 Å². The first-order chi connectivity index (χ1) is 20.9. The predicted molar refractivity (Wildman–Crippen MR) is 188 cm³/mol. The SMILES string of the molecule is CCCCCCCCCC(=O)O.CCCCN(CCCC)Cc1cccc2c1[nH]c1cc(=NC(=S)NCCC)cccc12. The Morgan fingerprint density at radius 2 is 1.47 bits per heavy atom. The predicted octanol–water partition coefficient (Wildman–Crippen LogP) is 9.12. The van der Waals surface area contributed by atoms with Crippen molar-refractivity contribution in [1.29, 1.82) is 0 Å². The van der Waals surface area contributed by atoms with Crippen LogP contribution in [0.4, 0.5) is 0 Å². The maximum Gasteiger partial charge on any atom is 0.303 e. The summed E-state index contributed by atoms with van der Waals surface area (Å²) in [6.07, 6.45) is 14.6. The summed E-state index contributed by atoms with van der Waals surface area (Å²) in [5, 5.41) is 15.4. The largest absolute Gasteiger partial charge is 0.481 e. The van der Waals surface area contributed by atoms with Crippen LogP contribution in [0.2, 0.25) is 0 Å². The van der Waals surface area contributed by atoms with E-state index in [0.717, 1.165) is 56.3 Å². The van der Waals surface area contributed by atoms with Crippen molar-refractivity contribution in [2.75, 3.05) is 19.6 Å². The molecule has 0 radical (unpaired) electrons. The molecular weight excluding hydrogens is 552 g/mol. The van der Waals surface area contributed by atoms with E-state index in [4.69, 9.17) is 17.3 Å². The zero-order chi connectivity index (χ0) is 31.3. The number of carbonyl (C=O) groups is 1. The normalized spacial score (nSPS) is 11.6. The van der Waals surface area contributed by atoms with Gasteiger partial charge in [-0.1, -0.05) is 109 Å². The number of aliphatic carboxylic acids is 1. The minimum absolute atomic E-state index is 0.341. The quantitative estimate of drug-likeness (QED) is 0.0991. The third kappa shape index (κ3) is 14.0. The zero-order valence-corrected chi connectivity index (χ0v) is 28.0. The summed E-state index contributed by atoms with van der Waals surface area (Å²) >= 11 is 5.37. The van der Waals surface area contributed by atoms with Gasteiger partial charge in [0.1, 0.15) is 0 Å². The van der Waals surface area contributed by atoms with Gasteiger partial charge in [0.15, 0.2) is 5.11 Å². The highest BCUT2D eigenvalue weighted by Crippen LogP contribution is 2.27. The number of rotatable bonds is 18. The number of para-hydroxylation sites is 1. The van der Waals surface area contributed by atoms with Gasteiger partial charge in [0.05, 0.1) is 10.9 Å². The molecule has 2 aromatic carbocycles. The summed E-state index contributed by atoms with van der Waals surface area (Å²) in [7, 11) is 0. The third-order valence-electron chi connectivity index (χ3n) is 7.61. The van der Waals surface area contributed by atoms with E-state index in [1.165, 1.54) is 79.6 Å². The lowest BCUT2D eigenvalue weighted by Crippen LogP contribution is -2.25. The van der Waals surface area contributed by atoms with Gasteiger partial charge in [-0.25, -0.2) is 4.99 Å². The first kappa shape index (κ1) is 36.4. The van der Waals surface area contributed by atoms with E-state index in [0.29, 0.717) is 11.5 Å². The van der Waals surface area contributed by atoms with Crippen molar-refractivity contribution in [1.82, 2.24) is 15.2 Å². The molecule has 6 nitrogen and oxygen atoms in total. The van der Waals surface area contributed by atoms with Gasteiger partial charge in [-0.2, -0.15) is 0 Å². The monoisotopic (exact) mass is 608 g/mol. The second-order valence-electron chi connectivity index (χ2n) is 11.5. The van der Waals surface area contributed by atoms with Crippen LogP contribution in [0.5, 0.6) is 0 Å². The van der Waals surface area contributed by atoms with Crippen LogP contribution in [0.25, 0.3) is 21.8 Å². The lowest BCUT2D eigenvalue weighted by atomic mass is 10.1. The molecule has 0 saturated heterocycles. The molecule has 1 heterocycles. The molecule has 0 aliphatic rings. The minimum atomic E-state index is -0.663. The van der Waals surface area contributed by atoms with E-state index >= 15 is 0 Å². The van der Waals surface area contributed by atoms with Crippen molar-refractivity contribution >= 4 is 45.1 Å². The number of unbranched alkanes of at least 4 members (excludes halogenated alkanes) is 8. The lowest BCUT2D eigenvalue weighted by molar-refractivity contribution is -0.137. The molecular formula is C36H56N4O2S. The summed E-state index contributed by atoms with van der Waals surface area (Å²) in [6, 6.07) is 15.0. The Bertz CT molecular complexity index is 1300. The van der Waals surface area contributed by atoms with Crippen LogP contribution in [0.1, 0.15) is 117 Å². The van der Waals surface area contributed by atoms with Gasteiger partial charge < -0.3 is 15.4 Å². The van der Waals surface area contributed by atoms with E-state index in [1.807, 2.05) is 6.07 Å².